The summed E-state index contributed by atoms with van der Waals surface area (Å²) >= 11 is 0. The average molecular weight is 370 g/mol. The smallest absolute Gasteiger partial charge is 0.317 e. The van der Waals surface area contributed by atoms with Gasteiger partial charge in [-0.2, -0.15) is 0 Å². The van der Waals surface area contributed by atoms with E-state index in [1.807, 2.05) is 26.0 Å². The fraction of sp³-hybridized carbons (Fsp3) is 0.524. The molecule has 2 N–H and O–H groups in total. The Hall–Kier alpha value is -2.34. The molecule has 0 spiro atoms. The van der Waals surface area contributed by atoms with Gasteiger partial charge < -0.3 is 14.8 Å². The molecule has 144 valence electrons. The van der Waals surface area contributed by atoms with Crippen molar-refractivity contribution < 1.29 is 19.1 Å². The molecule has 2 saturated carbocycles. The first-order chi connectivity index (χ1) is 12.9. The summed E-state index contributed by atoms with van der Waals surface area (Å²) in [6.45, 7) is 5.01. The second-order valence-electron chi connectivity index (χ2n) is 8.15. The highest BCUT2D eigenvalue weighted by Gasteiger charge is 2.38. The molecule has 2 aliphatic carbocycles. The van der Waals surface area contributed by atoms with E-state index in [9.17, 15) is 9.59 Å². The molecule has 0 unspecified atom stereocenters. The van der Waals surface area contributed by atoms with Crippen LogP contribution in [0.1, 0.15) is 47.4 Å². The predicted octanol–water partition coefficient (Wildman–Crippen LogP) is 3.11. The van der Waals surface area contributed by atoms with E-state index in [0.717, 1.165) is 35.9 Å². The van der Waals surface area contributed by atoms with E-state index in [0.29, 0.717) is 11.7 Å². The van der Waals surface area contributed by atoms with Crippen LogP contribution in [0, 0.1) is 19.8 Å². The number of rotatable bonds is 7. The number of nitrogens with zero attached hydrogens (tertiary/aromatic N) is 1. The van der Waals surface area contributed by atoms with Crippen LogP contribution in [0.5, 0.6) is 0 Å². The summed E-state index contributed by atoms with van der Waals surface area (Å²) in [6.07, 6.45) is 4.00. The number of benzene rings is 1. The number of hydrogen-bond donors (Lipinski definition) is 2. The molecule has 6 heteroatoms. The van der Waals surface area contributed by atoms with Gasteiger partial charge in [0.15, 0.2) is 5.76 Å². The van der Waals surface area contributed by atoms with Crippen molar-refractivity contribution in [2.24, 2.45) is 5.92 Å². The molecule has 27 heavy (non-hydrogen) atoms. The van der Waals surface area contributed by atoms with Crippen molar-refractivity contribution in [2.45, 2.75) is 51.6 Å². The zero-order valence-corrected chi connectivity index (χ0v) is 15.8. The van der Waals surface area contributed by atoms with Gasteiger partial charge in [-0.15, -0.1) is 0 Å². The summed E-state index contributed by atoms with van der Waals surface area (Å²) in [6, 6.07) is 6.11. The Bertz CT molecular complexity index is 839. The minimum Gasteiger partial charge on any atom is -0.480 e. The first kappa shape index (κ1) is 18.0. The molecule has 2 aromatic rings. The highest BCUT2D eigenvalue weighted by atomic mass is 16.4. The van der Waals surface area contributed by atoms with Gasteiger partial charge in [0, 0.05) is 24.0 Å². The highest BCUT2D eigenvalue weighted by Crippen LogP contribution is 2.34. The van der Waals surface area contributed by atoms with Gasteiger partial charge >= 0.3 is 5.97 Å². The summed E-state index contributed by atoms with van der Waals surface area (Å²) < 4.78 is 5.72. The minimum atomic E-state index is -0.781. The lowest BCUT2D eigenvalue weighted by atomic mass is 9.85. The molecule has 2 fully saturated rings. The van der Waals surface area contributed by atoms with Gasteiger partial charge in [-0.05, 0) is 74.8 Å². The number of carboxylic acid groups (broad SMARTS) is 1. The van der Waals surface area contributed by atoms with Crippen LogP contribution in [-0.4, -0.2) is 47.1 Å². The summed E-state index contributed by atoms with van der Waals surface area (Å²) in [5.41, 5.74) is 3.04. The quantitative estimate of drug-likeness (QED) is 0.782. The Morgan fingerprint density at radius 3 is 2.56 bits per heavy atom. The Kier molecular flexibility index (Phi) is 4.68. The first-order valence-electron chi connectivity index (χ1n) is 9.66. The fourth-order valence-corrected chi connectivity index (χ4v) is 3.82. The monoisotopic (exact) mass is 370 g/mol. The number of furan rings is 1. The van der Waals surface area contributed by atoms with Crippen LogP contribution in [0.3, 0.4) is 0 Å². The topological polar surface area (TPSA) is 82.8 Å². The first-order valence-corrected chi connectivity index (χ1v) is 9.66. The van der Waals surface area contributed by atoms with Crippen LogP contribution in [0.2, 0.25) is 0 Å². The van der Waals surface area contributed by atoms with E-state index >= 15 is 0 Å². The van der Waals surface area contributed by atoms with E-state index in [4.69, 9.17) is 9.52 Å². The largest absolute Gasteiger partial charge is 0.480 e. The molecular formula is C21H26N2O4. The summed E-state index contributed by atoms with van der Waals surface area (Å²) in [4.78, 5) is 25.7. The number of carbonyl (C=O) groups excluding carboxylic acids is 1. The molecule has 0 atom stereocenters. The molecule has 0 bridgehead atoms. The number of aliphatic carboxylic acids is 1. The molecule has 4 rings (SSSR count). The van der Waals surface area contributed by atoms with E-state index in [-0.39, 0.29) is 24.5 Å². The SMILES string of the molecule is Cc1cc2cc(C(=O)NC3CC(N(CC(=O)O)CC4CC4)C3)oc2cc1C. The Labute approximate surface area is 158 Å². The van der Waals surface area contributed by atoms with Crippen molar-refractivity contribution in [3.8, 4) is 0 Å². The molecule has 0 radical (unpaired) electrons. The minimum absolute atomic E-state index is 0.0784. The van der Waals surface area contributed by atoms with Gasteiger partial charge in [0.05, 0.1) is 6.54 Å². The Morgan fingerprint density at radius 2 is 1.89 bits per heavy atom. The van der Waals surface area contributed by atoms with Gasteiger partial charge in [-0.1, -0.05) is 0 Å². The van der Waals surface area contributed by atoms with E-state index in [1.54, 1.807) is 6.07 Å². The second-order valence-corrected chi connectivity index (χ2v) is 8.15. The fourth-order valence-electron chi connectivity index (χ4n) is 3.82. The number of fused-ring (bicyclic) bond motifs is 1. The number of carbonyl (C=O) groups is 2. The lowest BCUT2D eigenvalue weighted by molar-refractivity contribution is -0.139. The van der Waals surface area contributed by atoms with Crippen LogP contribution in [0.25, 0.3) is 11.0 Å². The van der Waals surface area contributed by atoms with Gasteiger partial charge in [-0.25, -0.2) is 0 Å². The molecule has 0 aliphatic heterocycles. The predicted molar refractivity (Wildman–Crippen MR) is 102 cm³/mol. The molecule has 1 aromatic heterocycles. The summed E-state index contributed by atoms with van der Waals surface area (Å²) in [5, 5.41) is 13.1. The van der Waals surface area contributed by atoms with E-state index < -0.39 is 5.97 Å². The normalized spacial score (nSPS) is 22.0. The number of nitrogens with one attached hydrogen (secondary N) is 1. The van der Waals surface area contributed by atoms with Crippen molar-refractivity contribution in [3.05, 3.63) is 35.1 Å². The maximum absolute atomic E-state index is 12.5. The van der Waals surface area contributed by atoms with Gasteiger partial charge in [-0.3, -0.25) is 14.5 Å². The third-order valence-electron chi connectivity index (χ3n) is 5.85. The van der Waals surface area contributed by atoms with Crippen LogP contribution in [0.4, 0.5) is 0 Å². The Morgan fingerprint density at radius 1 is 1.19 bits per heavy atom. The van der Waals surface area contributed by atoms with Crippen LogP contribution >= 0.6 is 0 Å². The molecule has 1 heterocycles. The third kappa shape index (κ3) is 4.00. The van der Waals surface area contributed by atoms with Crippen molar-refractivity contribution in [1.29, 1.82) is 0 Å². The average Bonchev–Trinajstić information content (AvgIpc) is 3.28. The van der Waals surface area contributed by atoms with Crippen LogP contribution in [-0.2, 0) is 4.79 Å². The van der Waals surface area contributed by atoms with E-state index in [2.05, 4.69) is 10.2 Å². The van der Waals surface area contributed by atoms with Crippen LogP contribution < -0.4 is 5.32 Å². The number of hydrogen-bond acceptors (Lipinski definition) is 4. The highest BCUT2D eigenvalue weighted by molar-refractivity contribution is 5.96. The lowest BCUT2D eigenvalue weighted by Crippen LogP contribution is -2.55. The molecule has 2 aliphatic rings. The zero-order chi connectivity index (χ0) is 19.1. The molecule has 0 saturated heterocycles. The van der Waals surface area contributed by atoms with E-state index in [1.165, 1.54) is 18.4 Å². The lowest BCUT2D eigenvalue weighted by Gasteiger charge is -2.42. The van der Waals surface area contributed by atoms with Crippen molar-refractivity contribution in [3.63, 3.8) is 0 Å². The van der Waals surface area contributed by atoms with Crippen molar-refractivity contribution in [1.82, 2.24) is 10.2 Å². The maximum atomic E-state index is 12.5. The van der Waals surface area contributed by atoms with Crippen molar-refractivity contribution >= 4 is 22.8 Å². The van der Waals surface area contributed by atoms with Gasteiger partial charge in [0.25, 0.3) is 5.91 Å². The second kappa shape index (κ2) is 7.00. The number of carboxylic acids is 1. The number of amides is 1. The molecule has 1 amide bonds. The van der Waals surface area contributed by atoms with Gasteiger partial charge in [0.1, 0.15) is 5.58 Å². The molecular weight excluding hydrogens is 344 g/mol. The Balaban J connectivity index is 1.35. The molecule has 1 aromatic carbocycles. The third-order valence-corrected chi connectivity index (χ3v) is 5.85. The summed E-state index contributed by atoms with van der Waals surface area (Å²) in [5.74, 6) is 0.00667. The van der Waals surface area contributed by atoms with Gasteiger partial charge in [0.2, 0.25) is 0 Å². The molecule has 6 nitrogen and oxygen atoms in total. The number of aryl methyl sites for hydroxylation is 2. The summed E-state index contributed by atoms with van der Waals surface area (Å²) in [7, 11) is 0. The zero-order valence-electron chi connectivity index (χ0n) is 15.8. The maximum Gasteiger partial charge on any atom is 0.317 e. The van der Waals surface area contributed by atoms with Crippen LogP contribution in [0.15, 0.2) is 22.6 Å². The standard InChI is InChI=1S/C21H26N2O4/c1-12-5-15-7-19(27-18(15)6-13(12)2)21(26)22-16-8-17(9-16)23(11-20(24)25)10-14-3-4-14/h5-7,14,16-17H,3-4,8-11H2,1-2H3,(H,22,26)(H,24,25). The van der Waals surface area contributed by atoms with Crippen molar-refractivity contribution in [2.75, 3.05) is 13.1 Å².